The van der Waals surface area contributed by atoms with Crippen molar-refractivity contribution in [2.45, 2.75) is 19.3 Å². The van der Waals surface area contributed by atoms with Crippen molar-refractivity contribution in [3.05, 3.63) is 181 Å². The number of para-hydroxylation sites is 1. The monoisotopic (exact) mass is 734 g/mol. The number of hydrogen-bond donors (Lipinski definition) is 0. The van der Waals surface area contributed by atoms with E-state index in [0.717, 1.165) is 44.6 Å². The highest BCUT2D eigenvalue weighted by Crippen LogP contribution is 2.49. The highest BCUT2D eigenvalue weighted by Gasteiger charge is 2.35. The van der Waals surface area contributed by atoms with E-state index in [0.29, 0.717) is 17.5 Å². The zero-order valence-corrected chi connectivity index (χ0v) is 31.7. The molecule has 0 bridgehead atoms. The SMILES string of the molecule is CC1(C)c2ccccc2-c2ccc(-c3nc(-c4ccccc4)nc(-c4ccc(-c5ccc(-c6nc7ccccc7c7sc8ccccc8c67)cc5)cc4)n3)cc21. The summed E-state index contributed by atoms with van der Waals surface area (Å²) in [4.78, 5) is 20.4. The molecule has 0 radical (unpaired) electrons. The molecular weight excluding hydrogens is 701 g/mol. The first-order valence-electron chi connectivity index (χ1n) is 19.0. The molecule has 0 aliphatic heterocycles. The minimum atomic E-state index is -0.120. The van der Waals surface area contributed by atoms with E-state index in [9.17, 15) is 0 Å². The van der Waals surface area contributed by atoms with Gasteiger partial charge in [0.2, 0.25) is 0 Å². The van der Waals surface area contributed by atoms with Crippen molar-refractivity contribution in [1.29, 1.82) is 0 Å². The molecule has 0 amide bonds. The summed E-state index contributed by atoms with van der Waals surface area (Å²) in [5.41, 5.74) is 13.4. The molecule has 11 rings (SSSR count). The van der Waals surface area contributed by atoms with Gasteiger partial charge in [-0.3, -0.25) is 0 Å². The second-order valence-corrected chi connectivity index (χ2v) is 16.1. The van der Waals surface area contributed by atoms with Crippen LogP contribution in [0.25, 0.3) is 98.7 Å². The first-order valence-corrected chi connectivity index (χ1v) is 19.8. The molecule has 7 aromatic carbocycles. The van der Waals surface area contributed by atoms with Crippen molar-refractivity contribution in [2.75, 3.05) is 0 Å². The Balaban J connectivity index is 0.958. The second-order valence-electron chi connectivity index (χ2n) is 15.0. The summed E-state index contributed by atoms with van der Waals surface area (Å²) in [5, 5.41) is 3.68. The number of nitrogens with zero attached hydrogens (tertiary/aromatic N) is 4. The van der Waals surface area contributed by atoms with Crippen molar-refractivity contribution < 1.29 is 0 Å². The Morgan fingerprint density at radius 2 is 0.946 bits per heavy atom. The van der Waals surface area contributed by atoms with Gasteiger partial charge in [-0.15, -0.1) is 11.3 Å². The average Bonchev–Trinajstić information content (AvgIpc) is 3.76. The van der Waals surface area contributed by atoms with Crippen molar-refractivity contribution in [3.8, 4) is 67.7 Å². The Bertz CT molecular complexity index is 3150. The summed E-state index contributed by atoms with van der Waals surface area (Å²) in [6.07, 6.45) is 0. The minimum absolute atomic E-state index is 0.120. The van der Waals surface area contributed by atoms with Crippen molar-refractivity contribution in [1.82, 2.24) is 19.9 Å². The van der Waals surface area contributed by atoms with Gasteiger partial charge in [-0.2, -0.15) is 0 Å². The number of thiophene rings is 1. The molecule has 0 fully saturated rings. The molecule has 0 saturated heterocycles. The van der Waals surface area contributed by atoms with Gasteiger partial charge in [0, 0.05) is 53.2 Å². The molecule has 0 unspecified atom stereocenters. The highest BCUT2D eigenvalue weighted by molar-refractivity contribution is 7.26. The van der Waals surface area contributed by atoms with E-state index in [1.807, 2.05) is 29.5 Å². The zero-order chi connectivity index (χ0) is 37.4. The topological polar surface area (TPSA) is 51.6 Å². The summed E-state index contributed by atoms with van der Waals surface area (Å²) >= 11 is 1.85. The molecule has 0 spiro atoms. The molecule has 264 valence electrons. The quantitative estimate of drug-likeness (QED) is 0.177. The summed E-state index contributed by atoms with van der Waals surface area (Å²) in [5.74, 6) is 1.97. The van der Waals surface area contributed by atoms with Gasteiger partial charge in [0.15, 0.2) is 17.5 Å². The van der Waals surface area contributed by atoms with Gasteiger partial charge in [0.25, 0.3) is 0 Å². The summed E-state index contributed by atoms with van der Waals surface area (Å²) in [6.45, 7) is 4.60. The van der Waals surface area contributed by atoms with Gasteiger partial charge in [-0.05, 0) is 51.6 Å². The fourth-order valence-corrected chi connectivity index (χ4v) is 9.68. The maximum Gasteiger partial charge on any atom is 0.164 e. The largest absolute Gasteiger partial charge is 0.247 e. The third kappa shape index (κ3) is 5.19. The Hall–Kier alpha value is -6.82. The van der Waals surface area contributed by atoms with Crippen LogP contribution in [0.4, 0.5) is 0 Å². The number of hydrogen-bond acceptors (Lipinski definition) is 5. The fraction of sp³-hybridized carbons (Fsp3) is 0.0588. The van der Waals surface area contributed by atoms with Crippen LogP contribution in [-0.2, 0) is 5.41 Å². The lowest BCUT2D eigenvalue weighted by atomic mass is 9.82. The third-order valence-corrected chi connectivity index (χ3v) is 12.6. The van der Waals surface area contributed by atoms with Crippen molar-refractivity contribution >= 4 is 42.4 Å². The summed E-state index contributed by atoms with van der Waals surface area (Å²) in [6, 6.07) is 60.0. The maximum absolute atomic E-state index is 5.22. The Kier molecular flexibility index (Phi) is 7.35. The van der Waals surface area contributed by atoms with Crippen LogP contribution in [0, 0.1) is 0 Å². The van der Waals surface area contributed by atoms with Crippen LogP contribution in [0.3, 0.4) is 0 Å². The molecule has 3 heterocycles. The van der Waals surface area contributed by atoms with Gasteiger partial charge in [0.1, 0.15) is 0 Å². The molecule has 3 aromatic heterocycles. The number of rotatable bonds is 5. The lowest BCUT2D eigenvalue weighted by molar-refractivity contribution is 0.660. The molecule has 5 heteroatoms. The molecule has 56 heavy (non-hydrogen) atoms. The van der Waals surface area contributed by atoms with Gasteiger partial charge in [-0.25, -0.2) is 19.9 Å². The number of benzene rings is 7. The smallest absolute Gasteiger partial charge is 0.164 e. The normalized spacial score (nSPS) is 13.0. The lowest BCUT2D eigenvalue weighted by Gasteiger charge is -2.21. The highest BCUT2D eigenvalue weighted by atomic mass is 32.1. The fourth-order valence-electron chi connectivity index (χ4n) is 8.44. The van der Waals surface area contributed by atoms with Crippen LogP contribution in [0.5, 0.6) is 0 Å². The number of aromatic nitrogens is 4. The second kappa shape index (κ2) is 12.6. The number of fused-ring (bicyclic) bond motifs is 8. The van der Waals surface area contributed by atoms with Crippen LogP contribution in [0.15, 0.2) is 170 Å². The van der Waals surface area contributed by atoms with Crippen LogP contribution < -0.4 is 0 Å². The lowest BCUT2D eigenvalue weighted by Crippen LogP contribution is -2.15. The molecule has 0 N–H and O–H groups in total. The van der Waals surface area contributed by atoms with E-state index in [1.165, 1.54) is 47.8 Å². The van der Waals surface area contributed by atoms with Gasteiger partial charge < -0.3 is 0 Å². The first kappa shape index (κ1) is 32.6. The molecular formula is C51H34N4S. The number of pyridine rings is 1. The zero-order valence-electron chi connectivity index (χ0n) is 30.9. The Morgan fingerprint density at radius 1 is 0.411 bits per heavy atom. The summed E-state index contributed by atoms with van der Waals surface area (Å²) in [7, 11) is 0. The molecule has 1 aliphatic rings. The summed E-state index contributed by atoms with van der Waals surface area (Å²) < 4.78 is 2.57. The van der Waals surface area contributed by atoms with Crippen LogP contribution in [-0.4, -0.2) is 19.9 Å². The van der Waals surface area contributed by atoms with E-state index in [2.05, 4.69) is 166 Å². The standard InChI is InChI=1S/C51H34N4S/c1-51(2)41-17-9-6-14-37(41)38-29-28-36(30-42(38)51)50-54-48(34-12-4-3-5-13-34)53-49(55-50)35-26-22-32(23-27-35)31-20-24-33(25-21-31)46-45-40-16-8-11-19-44(40)56-47(45)39-15-7-10-18-43(39)52-46/h3-30H,1-2H3. The van der Waals surface area contributed by atoms with Gasteiger partial charge in [-0.1, -0.05) is 166 Å². The van der Waals surface area contributed by atoms with Crippen LogP contribution in [0.2, 0.25) is 0 Å². The van der Waals surface area contributed by atoms with E-state index >= 15 is 0 Å². The molecule has 0 saturated carbocycles. The minimum Gasteiger partial charge on any atom is -0.247 e. The van der Waals surface area contributed by atoms with E-state index in [-0.39, 0.29) is 5.41 Å². The predicted octanol–water partition coefficient (Wildman–Crippen LogP) is 13.4. The average molecular weight is 735 g/mol. The van der Waals surface area contributed by atoms with Gasteiger partial charge in [0.05, 0.1) is 11.2 Å². The van der Waals surface area contributed by atoms with Gasteiger partial charge >= 0.3 is 0 Å². The Morgan fingerprint density at radius 3 is 1.70 bits per heavy atom. The van der Waals surface area contributed by atoms with E-state index in [1.54, 1.807) is 0 Å². The molecule has 0 atom stereocenters. The van der Waals surface area contributed by atoms with E-state index in [4.69, 9.17) is 19.9 Å². The predicted molar refractivity (Wildman–Crippen MR) is 233 cm³/mol. The van der Waals surface area contributed by atoms with Crippen molar-refractivity contribution in [2.24, 2.45) is 0 Å². The molecule has 4 nitrogen and oxygen atoms in total. The Labute approximate surface area is 328 Å². The maximum atomic E-state index is 5.22. The molecule has 10 aromatic rings. The van der Waals surface area contributed by atoms with Crippen LogP contribution >= 0.6 is 11.3 Å². The molecule has 1 aliphatic carbocycles. The van der Waals surface area contributed by atoms with Crippen LogP contribution in [0.1, 0.15) is 25.0 Å². The third-order valence-electron chi connectivity index (χ3n) is 11.4. The van der Waals surface area contributed by atoms with E-state index < -0.39 is 0 Å². The van der Waals surface area contributed by atoms with Crippen molar-refractivity contribution in [3.63, 3.8) is 0 Å². The first-order chi connectivity index (χ1) is 27.5.